The number of piperidine rings is 1. The summed E-state index contributed by atoms with van der Waals surface area (Å²) in [6, 6.07) is 11.6. The highest BCUT2D eigenvalue weighted by molar-refractivity contribution is 14.0. The summed E-state index contributed by atoms with van der Waals surface area (Å²) in [7, 11) is 1.61. The standard InChI is InChI=1S/C24H32F2N4O2.HI/c1-3-27-24(28-15-23(31)18-5-7-20(32-2)8-6-18)29-19-10-12-30(13-11-19)16-17-4-9-21(25)22(26)14-17;/h4-9,14,19,23,31H,3,10-13,15-16H2,1-2H3,(H2,27,28,29);1H. The number of aliphatic imine (C=N–C) groups is 1. The molecule has 1 saturated heterocycles. The van der Waals surface area contributed by atoms with Gasteiger partial charge in [-0.2, -0.15) is 0 Å². The third kappa shape index (κ3) is 8.38. The molecule has 1 heterocycles. The van der Waals surface area contributed by atoms with Gasteiger partial charge in [0.05, 0.1) is 19.8 Å². The Kier molecular flexibility index (Phi) is 11.3. The molecule has 0 saturated carbocycles. The van der Waals surface area contributed by atoms with Crippen LogP contribution in [0.3, 0.4) is 0 Å². The fourth-order valence-electron chi connectivity index (χ4n) is 3.75. The topological polar surface area (TPSA) is 69.1 Å². The van der Waals surface area contributed by atoms with E-state index in [4.69, 9.17) is 4.74 Å². The van der Waals surface area contributed by atoms with Crippen molar-refractivity contribution in [3.8, 4) is 5.75 Å². The maximum atomic E-state index is 13.4. The summed E-state index contributed by atoms with van der Waals surface area (Å²) < 4.78 is 31.7. The first-order valence-corrected chi connectivity index (χ1v) is 11.0. The van der Waals surface area contributed by atoms with Crippen molar-refractivity contribution in [3.63, 3.8) is 0 Å². The first kappa shape index (κ1) is 27.3. The molecule has 0 radical (unpaired) electrons. The largest absolute Gasteiger partial charge is 0.497 e. The molecule has 2 aromatic rings. The second kappa shape index (κ2) is 13.7. The Labute approximate surface area is 211 Å². The SMILES string of the molecule is CCNC(=NCC(O)c1ccc(OC)cc1)NC1CCN(Cc2ccc(F)c(F)c2)CC1.I. The van der Waals surface area contributed by atoms with Gasteiger partial charge in [0.1, 0.15) is 5.75 Å². The van der Waals surface area contributed by atoms with E-state index in [1.807, 2.05) is 31.2 Å². The average molecular weight is 574 g/mol. The minimum atomic E-state index is -0.816. The Hall–Kier alpha value is -1.98. The zero-order chi connectivity index (χ0) is 22.9. The summed E-state index contributed by atoms with van der Waals surface area (Å²) in [5, 5.41) is 17.1. The van der Waals surface area contributed by atoms with Crippen molar-refractivity contribution >= 4 is 29.9 Å². The lowest BCUT2D eigenvalue weighted by molar-refractivity contribution is 0.186. The first-order chi connectivity index (χ1) is 15.5. The quantitative estimate of drug-likeness (QED) is 0.254. The molecule has 1 aliphatic heterocycles. The van der Waals surface area contributed by atoms with Gasteiger partial charge in [-0.25, -0.2) is 8.78 Å². The van der Waals surface area contributed by atoms with E-state index < -0.39 is 17.7 Å². The molecule has 9 heteroatoms. The monoisotopic (exact) mass is 574 g/mol. The number of methoxy groups -OCH3 is 1. The second-order valence-corrected chi connectivity index (χ2v) is 7.95. The maximum absolute atomic E-state index is 13.4. The van der Waals surface area contributed by atoms with Crippen molar-refractivity contribution in [1.29, 1.82) is 0 Å². The van der Waals surface area contributed by atoms with Gasteiger partial charge in [-0.1, -0.05) is 18.2 Å². The molecule has 3 N–H and O–H groups in total. The molecular weight excluding hydrogens is 541 g/mol. The number of rotatable bonds is 8. The fourth-order valence-corrected chi connectivity index (χ4v) is 3.75. The molecule has 33 heavy (non-hydrogen) atoms. The van der Waals surface area contributed by atoms with Crippen molar-refractivity contribution in [2.75, 3.05) is 33.3 Å². The lowest BCUT2D eigenvalue weighted by atomic mass is 10.0. The van der Waals surface area contributed by atoms with Crippen LogP contribution in [0.5, 0.6) is 5.75 Å². The molecule has 182 valence electrons. The maximum Gasteiger partial charge on any atom is 0.191 e. The van der Waals surface area contributed by atoms with Gasteiger partial charge in [0.2, 0.25) is 0 Å². The number of aliphatic hydroxyl groups excluding tert-OH is 1. The lowest BCUT2D eigenvalue weighted by Crippen LogP contribution is -2.48. The minimum absolute atomic E-state index is 0. The summed E-state index contributed by atoms with van der Waals surface area (Å²) in [6.45, 7) is 5.28. The van der Waals surface area contributed by atoms with Crippen molar-refractivity contribution in [2.45, 2.75) is 38.5 Å². The van der Waals surface area contributed by atoms with E-state index in [1.165, 1.54) is 12.1 Å². The minimum Gasteiger partial charge on any atom is -0.497 e. The normalized spacial score (nSPS) is 16.1. The van der Waals surface area contributed by atoms with E-state index in [0.29, 0.717) is 12.5 Å². The Morgan fingerprint density at radius 3 is 2.45 bits per heavy atom. The third-order valence-corrected chi connectivity index (χ3v) is 5.59. The Morgan fingerprint density at radius 2 is 1.85 bits per heavy atom. The molecule has 6 nitrogen and oxygen atoms in total. The van der Waals surface area contributed by atoms with Gasteiger partial charge in [-0.05, 0) is 55.2 Å². The van der Waals surface area contributed by atoms with E-state index >= 15 is 0 Å². The van der Waals surface area contributed by atoms with Crippen LogP contribution in [-0.2, 0) is 6.54 Å². The van der Waals surface area contributed by atoms with Crippen LogP contribution in [0.4, 0.5) is 8.78 Å². The van der Waals surface area contributed by atoms with Crippen LogP contribution >= 0.6 is 24.0 Å². The Bertz CT molecular complexity index is 891. The Balaban J connectivity index is 0.00000385. The highest BCUT2D eigenvalue weighted by Crippen LogP contribution is 2.18. The fraction of sp³-hybridized carbons (Fsp3) is 0.458. The summed E-state index contributed by atoms with van der Waals surface area (Å²) in [4.78, 5) is 6.79. The number of hydrogen-bond acceptors (Lipinski definition) is 4. The predicted molar refractivity (Wildman–Crippen MR) is 137 cm³/mol. The highest BCUT2D eigenvalue weighted by Gasteiger charge is 2.20. The number of hydrogen-bond donors (Lipinski definition) is 3. The van der Waals surface area contributed by atoms with Crippen LogP contribution < -0.4 is 15.4 Å². The summed E-state index contributed by atoms with van der Waals surface area (Å²) in [5.74, 6) is -0.194. The van der Waals surface area contributed by atoms with Gasteiger partial charge in [0.15, 0.2) is 17.6 Å². The van der Waals surface area contributed by atoms with Crippen molar-refractivity contribution < 1.29 is 18.6 Å². The van der Waals surface area contributed by atoms with Crippen LogP contribution in [0.2, 0.25) is 0 Å². The van der Waals surface area contributed by atoms with Crippen molar-refractivity contribution in [3.05, 3.63) is 65.2 Å². The molecule has 1 fully saturated rings. The van der Waals surface area contributed by atoms with E-state index in [0.717, 1.165) is 49.4 Å². The number of benzene rings is 2. The molecule has 1 aliphatic rings. The second-order valence-electron chi connectivity index (χ2n) is 7.95. The molecule has 0 bridgehead atoms. The van der Waals surface area contributed by atoms with Crippen LogP contribution in [0, 0.1) is 11.6 Å². The molecule has 1 atom stereocenters. The zero-order valence-corrected chi connectivity index (χ0v) is 21.4. The number of ether oxygens (including phenoxy) is 1. The van der Waals surface area contributed by atoms with Gasteiger partial charge in [0.25, 0.3) is 0 Å². The molecule has 0 amide bonds. The van der Waals surface area contributed by atoms with E-state index in [-0.39, 0.29) is 36.6 Å². The highest BCUT2D eigenvalue weighted by atomic mass is 127. The molecular formula is C24H33F2IN4O2. The van der Waals surface area contributed by atoms with Crippen LogP contribution in [-0.4, -0.2) is 55.3 Å². The smallest absolute Gasteiger partial charge is 0.191 e. The first-order valence-electron chi connectivity index (χ1n) is 11.0. The van der Waals surface area contributed by atoms with Gasteiger partial charge < -0.3 is 20.5 Å². The molecule has 2 aromatic carbocycles. The molecule has 0 aliphatic carbocycles. The van der Waals surface area contributed by atoms with Crippen molar-refractivity contribution in [2.24, 2.45) is 4.99 Å². The molecule has 0 aromatic heterocycles. The Morgan fingerprint density at radius 1 is 1.15 bits per heavy atom. The summed E-state index contributed by atoms with van der Waals surface area (Å²) in [5.41, 5.74) is 1.56. The number of likely N-dealkylation sites (tertiary alicyclic amines) is 1. The molecule has 1 unspecified atom stereocenters. The van der Waals surface area contributed by atoms with Gasteiger partial charge in [-0.15, -0.1) is 24.0 Å². The number of aliphatic hydroxyl groups is 1. The van der Waals surface area contributed by atoms with E-state index in [9.17, 15) is 13.9 Å². The van der Waals surface area contributed by atoms with Crippen LogP contribution in [0.25, 0.3) is 0 Å². The zero-order valence-electron chi connectivity index (χ0n) is 19.1. The van der Waals surface area contributed by atoms with Gasteiger partial charge in [0, 0.05) is 32.2 Å². The van der Waals surface area contributed by atoms with Crippen LogP contribution in [0.1, 0.15) is 37.0 Å². The van der Waals surface area contributed by atoms with Gasteiger partial charge >= 0.3 is 0 Å². The molecule has 3 rings (SSSR count). The average Bonchev–Trinajstić information content (AvgIpc) is 2.81. The number of nitrogens with one attached hydrogen (secondary N) is 2. The third-order valence-electron chi connectivity index (χ3n) is 5.59. The van der Waals surface area contributed by atoms with E-state index in [1.54, 1.807) is 13.2 Å². The predicted octanol–water partition coefficient (Wildman–Crippen LogP) is 3.84. The van der Waals surface area contributed by atoms with Crippen LogP contribution in [0.15, 0.2) is 47.5 Å². The molecule has 0 spiro atoms. The number of halogens is 3. The summed E-state index contributed by atoms with van der Waals surface area (Å²) >= 11 is 0. The van der Waals surface area contributed by atoms with E-state index in [2.05, 4.69) is 20.5 Å². The summed E-state index contributed by atoms with van der Waals surface area (Å²) in [6.07, 6.45) is 1.12. The van der Waals surface area contributed by atoms with Gasteiger partial charge in [-0.3, -0.25) is 9.89 Å². The number of guanidine groups is 1. The van der Waals surface area contributed by atoms with Crippen molar-refractivity contribution in [1.82, 2.24) is 15.5 Å². The number of nitrogens with zero attached hydrogens (tertiary/aromatic N) is 2. The lowest BCUT2D eigenvalue weighted by Gasteiger charge is -2.33.